The molecule has 206 valence electrons. The van der Waals surface area contributed by atoms with Crippen LogP contribution in [0.4, 0.5) is 0 Å². The van der Waals surface area contributed by atoms with Gasteiger partial charge >= 0.3 is 5.97 Å². The number of H-pyrrole nitrogens is 2. The summed E-state index contributed by atoms with van der Waals surface area (Å²) in [6.45, 7) is 1.39. The van der Waals surface area contributed by atoms with E-state index in [1.165, 1.54) is 19.2 Å². The second-order valence-electron chi connectivity index (χ2n) is 9.49. The molecule has 4 aromatic rings. The van der Waals surface area contributed by atoms with E-state index in [0.717, 1.165) is 17.9 Å². The summed E-state index contributed by atoms with van der Waals surface area (Å²) in [5.74, 6) is 0.461. The van der Waals surface area contributed by atoms with Crippen LogP contribution in [0.1, 0.15) is 10.4 Å². The predicted octanol–water partition coefficient (Wildman–Crippen LogP) is 3.92. The third-order valence-corrected chi connectivity index (χ3v) is 5.41. The van der Waals surface area contributed by atoms with Crippen LogP contribution in [0, 0.1) is 0 Å². The van der Waals surface area contributed by atoms with Crippen molar-refractivity contribution >= 4 is 5.97 Å². The minimum atomic E-state index is -1.11. The summed E-state index contributed by atoms with van der Waals surface area (Å²) >= 11 is 0. The van der Waals surface area contributed by atoms with Gasteiger partial charge in [-0.1, -0.05) is 0 Å². The molecule has 0 radical (unpaired) electrons. The van der Waals surface area contributed by atoms with Crippen molar-refractivity contribution in [1.29, 1.82) is 0 Å². The van der Waals surface area contributed by atoms with E-state index in [1.807, 2.05) is 69.3 Å². The molecule has 3 N–H and O–H groups in total. The Bertz CT molecular complexity index is 1440. The van der Waals surface area contributed by atoms with Crippen molar-refractivity contribution in [1.82, 2.24) is 24.8 Å². The maximum absolute atomic E-state index is 12.0. The molecule has 0 bridgehead atoms. The Morgan fingerprint density at radius 2 is 1.62 bits per heavy atom. The second kappa shape index (κ2) is 13.4. The third-order valence-electron chi connectivity index (χ3n) is 5.41. The average molecular weight is 534 g/mol. The third kappa shape index (κ3) is 8.03. The Morgan fingerprint density at radius 1 is 0.949 bits per heavy atom. The molecule has 0 aliphatic carbocycles. The van der Waals surface area contributed by atoms with Gasteiger partial charge in [0, 0.05) is 35.5 Å². The molecule has 2 aromatic heterocycles. The van der Waals surface area contributed by atoms with Crippen LogP contribution in [0.15, 0.2) is 65.6 Å². The fourth-order valence-corrected chi connectivity index (χ4v) is 3.61. The number of carboxylic acid groups (broad SMARTS) is 1. The molecule has 0 saturated heterocycles. The maximum Gasteiger partial charge on any atom is 0.339 e. The van der Waals surface area contributed by atoms with Crippen LogP contribution in [0.2, 0.25) is 0 Å². The number of pyridine rings is 1. The molecule has 0 aliphatic heterocycles. The molecule has 0 spiro atoms. The number of aromatic nitrogens is 3. The number of benzene rings is 2. The van der Waals surface area contributed by atoms with E-state index in [-0.39, 0.29) is 16.9 Å². The highest BCUT2D eigenvalue weighted by molar-refractivity contribution is 5.93. The van der Waals surface area contributed by atoms with Gasteiger partial charge in [-0.3, -0.25) is 4.79 Å². The molecule has 2 aromatic carbocycles. The van der Waals surface area contributed by atoms with Crippen LogP contribution in [0.3, 0.4) is 0 Å². The Kier molecular flexibility index (Phi) is 10.0. The topological polar surface area (TPSA) is 124 Å². The van der Waals surface area contributed by atoms with Crippen molar-refractivity contribution in [3.63, 3.8) is 0 Å². The fraction of sp³-hybridized carbons (Fsp3) is 0.276. The van der Waals surface area contributed by atoms with Crippen LogP contribution in [-0.4, -0.2) is 91.3 Å². The van der Waals surface area contributed by atoms with Gasteiger partial charge in [-0.2, -0.15) is 0 Å². The lowest BCUT2D eigenvalue weighted by molar-refractivity contribution is 0.0693. The Balaban J connectivity index is 0.000000983. The van der Waals surface area contributed by atoms with E-state index >= 15 is 0 Å². The van der Waals surface area contributed by atoms with E-state index in [2.05, 4.69) is 9.97 Å². The van der Waals surface area contributed by atoms with Gasteiger partial charge in [0.25, 0.3) is 0 Å². The highest BCUT2D eigenvalue weighted by Crippen LogP contribution is 2.35. The average Bonchev–Trinajstić information content (AvgIpc) is 3.34. The van der Waals surface area contributed by atoms with Gasteiger partial charge in [0.05, 0.1) is 18.5 Å². The van der Waals surface area contributed by atoms with Crippen LogP contribution in [0.25, 0.3) is 33.9 Å². The minimum Gasteiger partial charge on any atom is -0.496 e. The monoisotopic (exact) mass is 533 g/mol. The van der Waals surface area contributed by atoms with Gasteiger partial charge in [0.2, 0.25) is 5.56 Å². The molecule has 2 heterocycles. The summed E-state index contributed by atoms with van der Waals surface area (Å²) in [5, 5.41) is 9.62. The zero-order chi connectivity index (χ0) is 28.5. The van der Waals surface area contributed by atoms with Gasteiger partial charge in [-0.25, -0.2) is 9.78 Å². The first-order valence-corrected chi connectivity index (χ1v) is 12.3. The number of hydrogen-bond donors (Lipinski definition) is 3. The molecular formula is C29H35N5O5. The molecule has 10 heteroatoms. The lowest BCUT2D eigenvalue weighted by atomic mass is 10.0. The zero-order valence-corrected chi connectivity index (χ0v) is 23.1. The normalized spacial score (nSPS) is 10.8. The number of aromatic amines is 2. The van der Waals surface area contributed by atoms with E-state index in [9.17, 15) is 14.7 Å². The zero-order valence-electron chi connectivity index (χ0n) is 23.1. The number of imidazole rings is 1. The Morgan fingerprint density at radius 3 is 2.21 bits per heavy atom. The highest BCUT2D eigenvalue weighted by Gasteiger charge is 2.19. The fourth-order valence-electron chi connectivity index (χ4n) is 3.61. The number of nitrogens with one attached hydrogen (secondary N) is 2. The minimum absolute atomic E-state index is 0.0191. The van der Waals surface area contributed by atoms with Crippen molar-refractivity contribution in [2.75, 3.05) is 55.5 Å². The molecule has 0 atom stereocenters. The van der Waals surface area contributed by atoms with Crippen molar-refractivity contribution < 1.29 is 19.4 Å². The number of nitrogens with zero attached hydrogens (tertiary/aromatic N) is 3. The predicted molar refractivity (Wildman–Crippen MR) is 153 cm³/mol. The van der Waals surface area contributed by atoms with Gasteiger partial charge in [0.1, 0.15) is 29.5 Å². The first-order chi connectivity index (χ1) is 18.6. The number of aromatic carboxylic acids is 1. The SMILES string of the molecule is CN(C)C.COc1ccc(-c2nc(-c3ccc(OCCN(C)C)cc3)[nH]c2-c2cc[nH]c(=O)c2)cc1C(=O)O. The summed E-state index contributed by atoms with van der Waals surface area (Å²) in [4.78, 5) is 38.5. The molecule has 0 unspecified atom stereocenters. The molecule has 0 amide bonds. The van der Waals surface area contributed by atoms with Crippen molar-refractivity contribution in [3.05, 3.63) is 76.7 Å². The smallest absolute Gasteiger partial charge is 0.339 e. The Labute approximate surface area is 227 Å². The van der Waals surface area contributed by atoms with Gasteiger partial charge in [-0.15, -0.1) is 0 Å². The van der Waals surface area contributed by atoms with E-state index < -0.39 is 5.97 Å². The number of hydrogen-bond acceptors (Lipinski definition) is 7. The lowest BCUT2D eigenvalue weighted by Gasteiger charge is -2.11. The number of carboxylic acids is 1. The van der Waals surface area contributed by atoms with Gasteiger partial charge in [-0.05, 0) is 83.8 Å². The van der Waals surface area contributed by atoms with Gasteiger partial charge in [0.15, 0.2) is 0 Å². The molecule has 4 rings (SSSR count). The maximum atomic E-state index is 12.0. The lowest BCUT2D eigenvalue weighted by Crippen LogP contribution is -2.19. The van der Waals surface area contributed by atoms with Crippen LogP contribution >= 0.6 is 0 Å². The first kappa shape index (κ1) is 29.2. The van der Waals surface area contributed by atoms with E-state index in [0.29, 0.717) is 34.9 Å². The van der Waals surface area contributed by atoms with Gasteiger partial charge < -0.3 is 34.3 Å². The summed E-state index contributed by atoms with van der Waals surface area (Å²) in [6, 6.07) is 15.6. The summed E-state index contributed by atoms with van der Waals surface area (Å²) in [5.41, 5.74) is 2.88. The van der Waals surface area contributed by atoms with Crippen molar-refractivity contribution in [2.24, 2.45) is 0 Å². The van der Waals surface area contributed by atoms with E-state index in [4.69, 9.17) is 14.5 Å². The quantitative estimate of drug-likeness (QED) is 0.296. The van der Waals surface area contributed by atoms with Crippen molar-refractivity contribution in [3.8, 4) is 45.4 Å². The largest absolute Gasteiger partial charge is 0.496 e. The highest BCUT2D eigenvalue weighted by atomic mass is 16.5. The molecule has 39 heavy (non-hydrogen) atoms. The van der Waals surface area contributed by atoms with Crippen LogP contribution in [0.5, 0.6) is 11.5 Å². The summed E-state index contributed by atoms with van der Waals surface area (Å²) in [7, 11) is 11.4. The molecule has 0 aliphatic rings. The number of rotatable bonds is 9. The molecular weight excluding hydrogens is 498 g/mol. The number of carbonyl (C=O) groups is 1. The number of ether oxygens (including phenoxy) is 2. The van der Waals surface area contributed by atoms with Crippen molar-refractivity contribution in [2.45, 2.75) is 0 Å². The van der Waals surface area contributed by atoms with Crippen LogP contribution in [-0.2, 0) is 0 Å². The number of likely N-dealkylation sites (N-methyl/N-ethyl adjacent to an activating group) is 1. The molecule has 0 fully saturated rings. The van der Waals surface area contributed by atoms with E-state index in [1.54, 1.807) is 24.4 Å². The Hall–Kier alpha value is -4.41. The second-order valence-corrected chi connectivity index (χ2v) is 9.49. The van der Waals surface area contributed by atoms with Crippen LogP contribution < -0.4 is 15.0 Å². The summed E-state index contributed by atoms with van der Waals surface area (Å²) in [6.07, 6.45) is 1.55. The molecule has 10 nitrogen and oxygen atoms in total. The molecule has 0 saturated carbocycles. The first-order valence-electron chi connectivity index (χ1n) is 12.3. The standard InChI is InChI=1S/C26H26N4O5.C3H9N/c1-30(2)12-13-35-19-7-4-16(5-8-19)25-28-23(24(29-25)18-10-11-27-22(31)15-18)17-6-9-21(34-3)20(14-17)26(32)33;1-4(2)3/h4-11,14-15H,12-13H2,1-3H3,(H,27,31)(H,28,29)(H,32,33);1-3H3. The summed E-state index contributed by atoms with van der Waals surface area (Å²) < 4.78 is 11.0. The number of methoxy groups -OCH3 is 1.